The summed E-state index contributed by atoms with van der Waals surface area (Å²) in [6.45, 7) is 10.9. The molecule has 0 aromatic carbocycles. The van der Waals surface area contributed by atoms with E-state index in [0.29, 0.717) is 31.3 Å². The number of ether oxygens (including phenoxy) is 2. The molecule has 1 saturated heterocycles. The molecule has 0 aliphatic carbocycles. The van der Waals surface area contributed by atoms with Crippen LogP contribution in [0.25, 0.3) is 5.52 Å². The monoisotopic (exact) mass is 495 g/mol. The van der Waals surface area contributed by atoms with Crippen molar-refractivity contribution in [1.82, 2.24) is 24.5 Å². The van der Waals surface area contributed by atoms with Crippen molar-refractivity contribution in [3.63, 3.8) is 0 Å². The van der Waals surface area contributed by atoms with E-state index in [-0.39, 0.29) is 29.5 Å². The van der Waals surface area contributed by atoms with E-state index in [1.54, 1.807) is 28.7 Å². The van der Waals surface area contributed by atoms with Crippen molar-refractivity contribution >= 4 is 29.2 Å². The zero-order chi connectivity index (χ0) is 26.0. The number of rotatable bonds is 6. The number of nitrogens with one attached hydrogen (secondary N) is 1. The molecule has 1 aliphatic heterocycles. The van der Waals surface area contributed by atoms with Crippen LogP contribution in [0.1, 0.15) is 50.2 Å². The molecule has 0 unspecified atom stereocenters. The Balaban J connectivity index is 1.47. The van der Waals surface area contributed by atoms with Gasteiger partial charge < -0.3 is 24.6 Å². The van der Waals surface area contributed by atoms with Gasteiger partial charge in [-0.25, -0.2) is 14.3 Å². The van der Waals surface area contributed by atoms with Gasteiger partial charge in [-0.1, -0.05) is 0 Å². The summed E-state index contributed by atoms with van der Waals surface area (Å²) in [5.74, 6) is 0.297. The van der Waals surface area contributed by atoms with Gasteiger partial charge in [0.15, 0.2) is 0 Å². The number of nitrogens with zero attached hydrogens (tertiary/aromatic N) is 6. The SMILES string of the molecule is CCOc1nc(N2CC[C@@H](N(C)C(=O)OC(C)(C)C)C2)ncc1C(=O)Nc1ccn2nc(C)cc2c1. The zero-order valence-electron chi connectivity index (χ0n) is 21.6. The quantitative estimate of drug-likeness (QED) is 0.552. The van der Waals surface area contributed by atoms with Gasteiger partial charge in [-0.3, -0.25) is 4.79 Å². The molecular formula is C25H33N7O4. The Labute approximate surface area is 210 Å². The van der Waals surface area contributed by atoms with Crippen molar-refractivity contribution in [3.05, 3.63) is 41.9 Å². The molecule has 4 rings (SSSR count). The number of hydrogen-bond acceptors (Lipinski definition) is 8. The summed E-state index contributed by atoms with van der Waals surface area (Å²) in [5.41, 5.74) is 2.08. The molecule has 1 aliphatic rings. The molecule has 2 amide bonds. The van der Waals surface area contributed by atoms with Crippen LogP contribution in [0.5, 0.6) is 5.88 Å². The summed E-state index contributed by atoms with van der Waals surface area (Å²) in [6.07, 6.45) is 3.66. The molecule has 3 aromatic heterocycles. The lowest BCUT2D eigenvalue weighted by Gasteiger charge is -2.28. The Hall–Kier alpha value is -3.89. The van der Waals surface area contributed by atoms with Gasteiger partial charge in [0.25, 0.3) is 5.91 Å². The maximum Gasteiger partial charge on any atom is 0.410 e. The lowest BCUT2D eigenvalue weighted by molar-refractivity contribution is 0.0237. The number of aromatic nitrogens is 4. The van der Waals surface area contributed by atoms with Gasteiger partial charge >= 0.3 is 6.09 Å². The van der Waals surface area contributed by atoms with Crippen molar-refractivity contribution in [2.24, 2.45) is 0 Å². The number of anilines is 2. The van der Waals surface area contributed by atoms with Crippen molar-refractivity contribution in [2.45, 2.75) is 52.7 Å². The molecule has 0 bridgehead atoms. The van der Waals surface area contributed by atoms with Crippen LogP contribution in [-0.4, -0.2) is 74.9 Å². The van der Waals surface area contributed by atoms with E-state index in [0.717, 1.165) is 17.6 Å². The number of hydrogen-bond donors (Lipinski definition) is 1. The fourth-order valence-corrected chi connectivity index (χ4v) is 4.03. The smallest absolute Gasteiger partial charge is 0.410 e. The van der Waals surface area contributed by atoms with Crippen molar-refractivity contribution in [2.75, 3.05) is 37.0 Å². The molecule has 1 atom stereocenters. The molecule has 0 radical (unpaired) electrons. The molecule has 4 heterocycles. The summed E-state index contributed by atoms with van der Waals surface area (Å²) < 4.78 is 12.9. The van der Waals surface area contributed by atoms with E-state index in [4.69, 9.17) is 9.47 Å². The minimum atomic E-state index is -0.556. The Bertz CT molecular complexity index is 1270. The topological polar surface area (TPSA) is 114 Å². The maximum atomic E-state index is 13.0. The largest absolute Gasteiger partial charge is 0.477 e. The number of aryl methyl sites for hydroxylation is 1. The van der Waals surface area contributed by atoms with Crippen LogP contribution in [0.4, 0.5) is 16.4 Å². The Morgan fingerprint density at radius 1 is 1.28 bits per heavy atom. The lowest BCUT2D eigenvalue weighted by atomic mass is 10.2. The van der Waals surface area contributed by atoms with Crippen LogP contribution < -0.4 is 15.0 Å². The van der Waals surface area contributed by atoms with Crippen LogP contribution in [0.2, 0.25) is 0 Å². The highest BCUT2D eigenvalue weighted by Gasteiger charge is 2.32. The number of carbonyl (C=O) groups is 2. The minimum Gasteiger partial charge on any atom is -0.477 e. The van der Waals surface area contributed by atoms with Gasteiger partial charge in [0.1, 0.15) is 11.2 Å². The molecule has 0 spiro atoms. The predicted molar refractivity (Wildman–Crippen MR) is 136 cm³/mol. The normalized spacial score (nSPS) is 15.7. The van der Waals surface area contributed by atoms with Gasteiger partial charge in [0.2, 0.25) is 11.8 Å². The third kappa shape index (κ3) is 5.67. The van der Waals surface area contributed by atoms with Gasteiger partial charge in [-0.2, -0.15) is 10.1 Å². The Morgan fingerprint density at radius 2 is 2.06 bits per heavy atom. The second-order valence-electron chi connectivity index (χ2n) is 9.83. The first-order valence-corrected chi connectivity index (χ1v) is 12.0. The molecule has 11 nitrogen and oxygen atoms in total. The maximum absolute atomic E-state index is 13.0. The summed E-state index contributed by atoms with van der Waals surface area (Å²) in [7, 11) is 1.74. The molecule has 1 N–H and O–H groups in total. The Kier molecular flexibility index (Phi) is 7.00. The second-order valence-corrected chi connectivity index (χ2v) is 9.83. The van der Waals surface area contributed by atoms with Gasteiger partial charge in [-0.05, 0) is 59.2 Å². The summed E-state index contributed by atoms with van der Waals surface area (Å²) in [4.78, 5) is 38.1. The second kappa shape index (κ2) is 10.00. The van der Waals surface area contributed by atoms with Crippen molar-refractivity contribution in [3.8, 4) is 5.88 Å². The summed E-state index contributed by atoms with van der Waals surface area (Å²) in [5, 5.41) is 7.24. The molecule has 11 heteroatoms. The van der Waals surface area contributed by atoms with E-state index < -0.39 is 5.60 Å². The molecule has 192 valence electrons. The number of amides is 2. The van der Waals surface area contributed by atoms with Crippen LogP contribution >= 0.6 is 0 Å². The predicted octanol–water partition coefficient (Wildman–Crippen LogP) is 3.53. The molecule has 3 aromatic rings. The highest BCUT2D eigenvalue weighted by Crippen LogP contribution is 2.25. The molecule has 0 saturated carbocycles. The van der Waals surface area contributed by atoms with Crippen LogP contribution in [-0.2, 0) is 4.74 Å². The zero-order valence-corrected chi connectivity index (χ0v) is 21.6. The highest BCUT2D eigenvalue weighted by molar-refractivity contribution is 6.05. The number of fused-ring (bicyclic) bond motifs is 1. The Morgan fingerprint density at radius 3 is 2.78 bits per heavy atom. The number of likely N-dealkylation sites (N-methyl/N-ethyl adjacent to an activating group) is 1. The van der Waals surface area contributed by atoms with Crippen LogP contribution in [0.3, 0.4) is 0 Å². The number of pyridine rings is 1. The molecule has 1 fully saturated rings. The average molecular weight is 496 g/mol. The third-order valence-electron chi connectivity index (χ3n) is 5.79. The van der Waals surface area contributed by atoms with E-state index >= 15 is 0 Å². The first-order chi connectivity index (χ1) is 17.0. The number of carbonyl (C=O) groups excluding carboxylic acids is 2. The van der Waals surface area contributed by atoms with Gasteiger partial charge in [0.05, 0.1) is 23.9 Å². The van der Waals surface area contributed by atoms with E-state index in [2.05, 4.69) is 20.4 Å². The standard InChI is InChI=1S/C25H33N7O4/c1-7-35-22-20(21(33)27-17-8-11-32-19(13-17)12-16(2)29-32)14-26-23(28-22)31-10-9-18(15-31)30(6)24(34)36-25(3,4)5/h8,11-14,18H,7,9-10,15H2,1-6H3,(H,27,33)/t18-/m1/s1. The van der Waals surface area contributed by atoms with E-state index in [1.807, 2.05) is 51.7 Å². The van der Waals surface area contributed by atoms with E-state index in [9.17, 15) is 9.59 Å². The lowest BCUT2D eigenvalue weighted by Crippen LogP contribution is -2.42. The third-order valence-corrected chi connectivity index (χ3v) is 5.79. The van der Waals surface area contributed by atoms with Gasteiger partial charge in [-0.15, -0.1) is 0 Å². The van der Waals surface area contributed by atoms with Crippen molar-refractivity contribution < 1.29 is 19.1 Å². The minimum absolute atomic E-state index is 0.0379. The van der Waals surface area contributed by atoms with Gasteiger partial charge in [0, 0.05) is 38.2 Å². The van der Waals surface area contributed by atoms with Crippen molar-refractivity contribution in [1.29, 1.82) is 0 Å². The first-order valence-electron chi connectivity index (χ1n) is 12.0. The summed E-state index contributed by atoms with van der Waals surface area (Å²) >= 11 is 0. The van der Waals surface area contributed by atoms with Crippen LogP contribution in [0, 0.1) is 6.92 Å². The van der Waals surface area contributed by atoms with E-state index in [1.165, 1.54) is 6.20 Å². The summed E-state index contributed by atoms with van der Waals surface area (Å²) in [6, 6.07) is 5.52. The molecule has 36 heavy (non-hydrogen) atoms. The fraction of sp³-hybridized carbons (Fsp3) is 0.480. The first kappa shape index (κ1) is 25.2. The average Bonchev–Trinajstić information content (AvgIpc) is 3.43. The molecular weight excluding hydrogens is 462 g/mol. The highest BCUT2D eigenvalue weighted by atomic mass is 16.6. The fourth-order valence-electron chi connectivity index (χ4n) is 4.03. The van der Waals surface area contributed by atoms with Crippen LogP contribution in [0.15, 0.2) is 30.6 Å².